The molecule has 34 heavy (non-hydrogen) atoms. The van der Waals surface area contributed by atoms with Crippen LogP contribution < -0.4 is 20.7 Å². The van der Waals surface area contributed by atoms with Crippen molar-refractivity contribution < 1.29 is 19.4 Å². The molecule has 0 spiro atoms. The van der Waals surface area contributed by atoms with Gasteiger partial charge in [0.25, 0.3) is 5.91 Å². The molecule has 0 saturated carbocycles. The number of halogens is 1. The zero-order valence-corrected chi connectivity index (χ0v) is 19.8. The Morgan fingerprint density at radius 1 is 1.06 bits per heavy atom. The number of nitrogens with zero attached hydrogens (tertiary/aromatic N) is 2. The molecular formula is C24H22BrN5O4. The molecule has 0 atom stereocenters. The molecule has 0 bridgehead atoms. The summed E-state index contributed by atoms with van der Waals surface area (Å²) in [6.07, 6.45) is 3.53. The fraction of sp³-hybridized carbons (Fsp3) is 0.125. The summed E-state index contributed by atoms with van der Waals surface area (Å²) in [5.41, 5.74) is 3.04. The molecule has 9 nitrogen and oxygen atoms in total. The molecule has 0 aliphatic heterocycles. The van der Waals surface area contributed by atoms with Gasteiger partial charge in [0.15, 0.2) is 0 Å². The number of carbonyl (C=O) groups excluding carboxylic acids is 2. The van der Waals surface area contributed by atoms with Crippen LogP contribution >= 0.6 is 15.9 Å². The van der Waals surface area contributed by atoms with E-state index in [-0.39, 0.29) is 0 Å². The van der Waals surface area contributed by atoms with Crippen molar-refractivity contribution in [3.05, 3.63) is 77.0 Å². The van der Waals surface area contributed by atoms with Crippen LogP contribution in [-0.4, -0.2) is 40.3 Å². The number of methoxy groups -OCH3 is 1. The van der Waals surface area contributed by atoms with E-state index in [4.69, 9.17) is 9.84 Å². The van der Waals surface area contributed by atoms with Gasteiger partial charge in [0.1, 0.15) is 18.2 Å². The smallest absolute Gasteiger partial charge is 0.323 e. The maximum absolute atomic E-state index is 12.7. The number of aliphatic hydroxyl groups excluding tert-OH is 1. The van der Waals surface area contributed by atoms with Crippen molar-refractivity contribution in [2.75, 3.05) is 29.7 Å². The number of hydrogen-bond acceptors (Lipinski definition) is 5. The number of benzene rings is 2. The Balaban J connectivity index is 1.52. The third-order valence-corrected chi connectivity index (χ3v) is 5.55. The Hall–Kier alpha value is -3.89. The molecule has 2 heterocycles. The minimum absolute atomic E-state index is 0.370. The highest BCUT2D eigenvalue weighted by atomic mass is 79.9. The maximum atomic E-state index is 12.7. The van der Waals surface area contributed by atoms with Crippen molar-refractivity contribution in [1.29, 1.82) is 0 Å². The van der Waals surface area contributed by atoms with Crippen LogP contribution in [0.15, 0.2) is 71.5 Å². The van der Waals surface area contributed by atoms with Gasteiger partial charge in [0.05, 0.1) is 24.0 Å². The van der Waals surface area contributed by atoms with Gasteiger partial charge in [-0.3, -0.25) is 4.79 Å². The summed E-state index contributed by atoms with van der Waals surface area (Å²) in [6.45, 7) is -0.0786. The third kappa shape index (κ3) is 5.36. The summed E-state index contributed by atoms with van der Waals surface area (Å²) in [5, 5.41) is 18.0. The lowest BCUT2D eigenvalue weighted by Gasteiger charge is -2.13. The van der Waals surface area contributed by atoms with E-state index in [9.17, 15) is 9.59 Å². The molecule has 2 aromatic heterocycles. The maximum Gasteiger partial charge on any atom is 0.323 e. The van der Waals surface area contributed by atoms with Crippen molar-refractivity contribution in [2.45, 2.75) is 6.54 Å². The Bertz CT molecular complexity index is 1350. The lowest BCUT2D eigenvalue weighted by Crippen LogP contribution is -2.20. The summed E-state index contributed by atoms with van der Waals surface area (Å²) in [5.74, 6) is 0.398. The molecule has 0 saturated heterocycles. The van der Waals surface area contributed by atoms with E-state index < -0.39 is 18.5 Å². The fourth-order valence-corrected chi connectivity index (χ4v) is 3.91. The largest absolute Gasteiger partial charge is 0.495 e. The van der Waals surface area contributed by atoms with E-state index in [2.05, 4.69) is 36.9 Å². The average Bonchev–Trinajstić information content (AvgIpc) is 3.23. The molecule has 4 aromatic rings. The van der Waals surface area contributed by atoms with Crippen LogP contribution in [0, 0.1) is 0 Å². The van der Waals surface area contributed by atoms with Crippen LogP contribution in [-0.2, 0) is 11.3 Å². The molecule has 3 amide bonds. The Morgan fingerprint density at radius 3 is 2.68 bits per heavy atom. The number of anilines is 3. The number of urea groups is 1. The Morgan fingerprint density at radius 2 is 1.88 bits per heavy atom. The van der Waals surface area contributed by atoms with Crippen molar-refractivity contribution in [1.82, 2.24) is 9.55 Å². The summed E-state index contributed by atoms with van der Waals surface area (Å²) < 4.78 is 8.16. The van der Waals surface area contributed by atoms with Crippen molar-refractivity contribution in [3.63, 3.8) is 0 Å². The number of carbonyl (C=O) groups is 2. The van der Waals surface area contributed by atoms with Crippen molar-refractivity contribution in [3.8, 4) is 5.75 Å². The quantitative estimate of drug-likeness (QED) is 0.285. The van der Waals surface area contributed by atoms with Crippen LogP contribution in [0.5, 0.6) is 5.75 Å². The number of nitrogens with one attached hydrogen (secondary N) is 3. The predicted molar refractivity (Wildman–Crippen MR) is 134 cm³/mol. The number of ether oxygens (including phenoxy) is 1. The van der Waals surface area contributed by atoms with E-state index >= 15 is 0 Å². The van der Waals surface area contributed by atoms with Gasteiger partial charge in [-0.25, -0.2) is 9.78 Å². The first kappa shape index (κ1) is 23.3. The molecule has 0 radical (unpaired) electrons. The van der Waals surface area contributed by atoms with Gasteiger partial charge in [-0.2, -0.15) is 0 Å². The van der Waals surface area contributed by atoms with Crippen LogP contribution in [0.3, 0.4) is 0 Å². The minimum atomic E-state index is -0.605. The summed E-state index contributed by atoms with van der Waals surface area (Å²) in [7, 11) is 1.54. The number of aliphatic hydroxyl groups is 1. The number of hydrogen-bond donors (Lipinski definition) is 4. The molecule has 10 heteroatoms. The molecule has 0 fully saturated rings. The van der Waals surface area contributed by atoms with E-state index in [1.165, 1.54) is 0 Å². The number of fused-ring (bicyclic) bond motifs is 1. The number of aromatic nitrogens is 2. The first-order valence-electron chi connectivity index (χ1n) is 10.3. The van der Waals surface area contributed by atoms with Crippen LogP contribution in [0.2, 0.25) is 0 Å². The fourth-order valence-electron chi connectivity index (χ4n) is 3.54. The van der Waals surface area contributed by atoms with Gasteiger partial charge in [0.2, 0.25) is 0 Å². The predicted octanol–water partition coefficient (Wildman–Crippen LogP) is 4.43. The second kappa shape index (κ2) is 10.4. The van der Waals surface area contributed by atoms with Crippen molar-refractivity contribution in [2.24, 2.45) is 0 Å². The highest BCUT2D eigenvalue weighted by molar-refractivity contribution is 9.10. The highest BCUT2D eigenvalue weighted by Crippen LogP contribution is 2.29. The Kier molecular flexibility index (Phi) is 7.09. The van der Waals surface area contributed by atoms with Crippen LogP contribution in [0.25, 0.3) is 10.9 Å². The van der Waals surface area contributed by atoms with Gasteiger partial charge in [0, 0.05) is 28.8 Å². The zero-order chi connectivity index (χ0) is 24.1. The van der Waals surface area contributed by atoms with Crippen LogP contribution in [0.4, 0.5) is 22.0 Å². The van der Waals surface area contributed by atoms with Gasteiger partial charge in [-0.1, -0.05) is 22.0 Å². The highest BCUT2D eigenvalue weighted by Gasteiger charge is 2.12. The lowest BCUT2D eigenvalue weighted by atomic mass is 10.2. The van der Waals surface area contributed by atoms with E-state index in [1.807, 2.05) is 47.2 Å². The van der Waals surface area contributed by atoms with E-state index in [0.29, 0.717) is 29.5 Å². The molecule has 2 aromatic carbocycles. The van der Waals surface area contributed by atoms with Crippen LogP contribution in [0.1, 0.15) is 5.56 Å². The molecule has 174 valence electrons. The second-order valence-electron chi connectivity index (χ2n) is 7.36. The third-order valence-electron chi connectivity index (χ3n) is 5.06. The van der Waals surface area contributed by atoms with Crippen molar-refractivity contribution >= 4 is 56.0 Å². The van der Waals surface area contributed by atoms with E-state index in [0.717, 1.165) is 20.9 Å². The Labute approximate surface area is 203 Å². The standard InChI is InChI=1S/C24H22BrN5O4/c1-34-21-6-5-16(25)12-19(21)28-24(33)27-18-3-2-4-20-17(18)8-10-30(20)13-15-7-9-26-22(11-15)29-23(32)14-31/h2-12,31H,13-14H2,1H3,(H,26,29,32)(H2,27,28,33). The summed E-state index contributed by atoms with van der Waals surface area (Å²) in [6, 6.07) is 16.2. The topological polar surface area (TPSA) is 118 Å². The number of rotatable bonds is 7. The lowest BCUT2D eigenvalue weighted by molar-refractivity contribution is -0.118. The molecular weight excluding hydrogens is 502 g/mol. The molecule has 0 unspecified atom stereocenters. The van der Waals surface area contributed by atoms with E-state index in [1.54, 1.807) is 31.5 Å². The molecule has 4 N–H and O–H groups in total. The minimum Gasteiger partial charge on any atom is -0.495 e. The summed E-state index contributed by atoms with van der Waals surface area (Å²) >= 11 is 3.40. The number of pyridine rings is 1. The normalized spacial score (nSPS) is 10.7. The monoisotopic (exact) mass is 523 g/mol. The number of amides is 3. The first-order valence-corrected chi connectivity index (χ1v) is 11.1. The second-order valence-corrected chi connectivity index (χ2v) is 8.28. The SMILES string of the molecule is COc1ccc(Br)cc1NC(=O)Nc1cccc2c1ccn2Cc1ccnc(NC(=O)CO)c1. The molecule has 4 rings (SSSR count). The zero-order valence-electron chi connectivity index (χ0n) is 18.2. The molecule has 0 aliphatic rings. The van der Waals surface area contributed by atoms with Gasteiger partial charge in [-0.05, 0) is 54.1 Å². The average molecular weight is 524 g/mol. The first-order chi connectivity index (χ1) is 16.5. The van der Waals surface area contributed by atoms with Gasteiger partial charge >= 0.3 is 6.03 Å². The van der Waals surface area contributed by atoms with Gasteiger partial charge < -0.3 is 30.4 Å². The summed E-state index contributed by atoms with van der Waals surface area (Å²) in [4.78, 5) is 28.2. The molecule has 0 aliphatic carbocycles. The van der Waals surface area contributed by atoms with Gasteiger partial charge in [-0.15, -0.1) is 0 Å².